The van der Waals surface area contributed by atoms with Crippen LogP contribution in [-0.2, 0) is 4.79 Å². The number of nitrogens with one attached hydrogen (secondary N) is 2. The minimum Gasteiger partial charge on any atom is -0.349 e. The first-order chi connectivity index (χ1) is 8.67. The van der Waals surface area contributed by atoms with Gasteiger partial charge in [0.25, 0.3) is 0 Å². The number of aromatic amines is 1. The van der Waals surface area contributed by atoms with Crippen LogP contribution in [0.25, 0.3) is 0 Å². The van der Waals surface area contributed by atoms with Gasteiger partial charge in [0.2, 0.25) is 5.91 Å². The smallest absolute Gasteiger partial charge is 0.220 e. The maximum absolute atomic E-state index is 11.8. The fraction of sp³-hybridized carbons (Fsp3) is 0.692. The number of nitrogens with zero attached hydrogens (tertiary/aromatic N) is 1. The van der Waals surface area contributed by atoms with Gasteiger partial charge in [-0.15, -0.1) is 0 Å². The van der Waals surface area contributed by atoms with E-state index in [2.05, 4.69) is 22.4 Å². The zero-order valence-corrected chi connectivity index (χ0v) is 11.3. The van der Waals surface area contributed by atoms with Gasteiger partial charge >= 0.3 is 0 Å². The number of aromatic nitrogens is 2. The molecular weight excluding hydrogens is 228 g/mol. The Morgan fingerprint density at radius 1 is 1.56 bits per heavy atom. The van der Waals surface area contributed by atoms with Gasteiger partial charge in [-0.05, 0) is 32.2 Å². The number of amides is 1. The van der Waals surface area contributed by atoms with Gasteiger partial charge in [-0.2, -0.15) is 5.10 Å². The molecule has 0 aliphatic rings. The van der Waals surface area contributed by atoms with Crippen LogP contribution in [0.3, 0.4) is 0 Å². The molecule has 0 aliphatic carbocycles. The predicted molar refractivity (Wildman–Crippen MR) is 71.8 cm³/mol. The second-order valence-corrected chi connectivity index (χ2v) is 4.71. The molecule has 5 nitrogen and oxygen atoms in total. The Morgan fingerprint density at radius 3 is 2.89 bits per heavy atom. The third kappa shape index (κ3) is 4.87. The molecule has 2 atom stereocenters. The molecule has 0 bridgehead atoms. The van der Waals surface area contributed by atoms with Crippen LogP contribution in [0.1, 0.15) is 51.1 Å². The van der Waals surface area contributed by atoms with Crippen molar-refractivity contribution in [3.8, 4) is 0 Å². The Morgan fingerprint density at radius 2 is 2.33 bits per heavy atom. The van der Waals surface area contributed by atoms with Crippen molar-refractivity contribution in [1.29, 1.82) is 0 Å². The lowest BCUT2D eigenvalue weighted by atomic mass is 9.96. The van der Waals surface area contributed by atoms with Crippen LogP contribution in [0.2, 0.25) is 0 Å². The highest BCUT2D eigenvalue weighted by Gasteiger charge is 2.12. The zero-order valence-electron chi connectivity index (χ0n) is 11.3. The first-order valence-corrected chi connectivity index (χ1v) is 6.65. The number of rotatable bonds is 8. The van der Waals surface area contributed by atoms with Crippen LogP contribution in [0, 0.1) is 5.92 Å². The highest BCUT2D eigenvalue weighted by molar-refractivity contribution is 5.76. The average molecular weight is 252 g/mol. The van der Waals surface area contributed by atoms with Gasteiger partial charge in [0.05, 0.1) is 12.2 Å². The van der Waals surface area contributed by atoms with Gasteiger partial charge in [0.1, 0.15) is 0 Å². The Labute approximate surface area is 109 Å². The fourth-order valence-electron chi connectivity index (χ4n) is 2.02. The summed E-state index contributed by atoms with van der Waals surface area (Å²) >= 11 is 0. The monoisotopic (exact) mass is 252 g/mol. The van der Waals surface area contributed by atoms with Gasteiger partial charge in [0, 0.05) is 18.2 Å². The van der Waals surface area contributed by atoms with Crippen LogP contribution in [0.4, 0.5) is 0 Å². The van der Waals surface area contributed by atoms with Crippen molar-refractivity contribution in [1.82, 2.24) is 15.5 Å². The van der Waals surface area contributed by atoms with Crippen LogP contribution < -0.4 is 11.1 Å². The summed E-state index contributed by atoms with van der Waals surface area (Å²) in [5.74, 6) is 0.657. The standard InChI is InChI=1S/C13H24N4O/c1-3-11(6-7-14)4-5-13(18)17-10(2)12-8-15-16-9-12/h8-11H,3-7,14H2,1-2H3,(H,15,16)(H,17,18). The summed E-state index contributed by atoms with van der Waals surface area (Å²) in [5, 5.41) is 9.59. The predicted octanol–water partition coefficient (Wildman–Crippen LogP) is 1.74. The van der Waals surface area contributed by atoms with E-state index < -0.39 is 0 Å². The molecule has 1 amide bonds. The summed E-state index contributed by atoms with van der Waals surface area (Å²) in [6.45, 7) is 4.80. The first-order valence-electron chi connectivity index (χ1n) is 6.65. The SMILES string of the molecule is CCC(CCN)CCC(=O)NC(C)c1cn[nH]c1. The Hall–Kier alpha value is -1.36. The number of hydrogen-bond acceptors (Lipinski definition) is 3. The van der Waals surface area contributed by atoms with Crippen molar-refractivity contribution in [2.75, 3.05) is 6.54 Å². The molecule has 5 heteroatoms. The minimum atomic E-state index is 0.00540. The fourth-order valence-corrected chi connectivity index (χ4v) is 2.02. The largest absolute Gasteiger partial charge is 0.349 e. The van der Waals surface area contributed by atoms with E-state index >= 15 is 0 Å². The molecule has 102 valence electrons. The van der Waals surface area contributed by atoms with E-state index in [0.717, 1.165) is 24.8 Å². The molecule has 0 aliphatic heterocycles. The third-order valence-corrected chi connectivity index (χ3v) is 3.33. The quantitative estimate of drug-likeness (QED) is 0.659. The second kappa shape index (κ2) is 7.87. The van der Waals surface area contributed by atoms with E-state index in [1.807, 2.05) is 6.92 Å². The van der Waals surface area contributed by atoms with Crippen LogP contribution in [-0.4, -0.2) is 22.6 Å². The zero-order chi connectivity index (χ0) is 13.4. The lowest BCUT2D eigenvalue weighted by molar-refractivity contribution is -0.122. The number of carbonyl (C=O) groups excluding carboxylic acids is 1. The molecule has 0 spiro atoms. The topological polar surface area (TPSA) is 83.8 Å². The van der Waals surface area contributed by atoms with Gasteiger partial charge in [-0.1, -0.05) is 13.3 Å². The average Bonchev–Trinajstić information content (AvgIpc) is 2.88. The van der Waals surface area contributed by atoms with E-state index in [0.29, 0.717) is 18.9 Å². The highest BCUT2D eigenvalue weighted by atomic mass is 16.1. The van der Waals surface area contributed by atoms with E-state index in [-0.39, 0.29) is 11.9 Å². The molecule has 1 heterocycles. The van der Waals surface area contributed by atoms with Gasteiger partial charge < -0.3 is 11.1 Å². The maximum atomic E-state index is 11.8. The molecule has 1 rings (SSSR count). The van der Waals surface area contributed by atoms with Crippen LogP contribution >= 0.6 is 0 Å². The summed E-state index contributed by atoms with van der Waals surface area (Å²) in [7, 11) is 0. The molecule has 0 fully saturated rings. The Bertz CT molecular complexity index is 337. The normalized spacial score (nSPS) is 14.2. The molecule has 0 aromatic carbocycles. The molecule has 0 saturated carbocycles. The van der Waals surface area contributed by atoms with Crippen molar-refractivity contribution in [2.24, 2.45) is 11.7 Å². The highest BCUT2D eigenvalue weighted by Crippen LogP contribution is 2.15. The number of hydrogen-bond donors (Lipinski definition) is 3. The molecule has 1 aromatic rings. The van der Waals surface area contributed by atoms with Gasteiger partial charge in [0.15, 0.2) is 0 Å². The lowest BCUT2D eigenvalue weighted by Crippen LogP contribution is -2.26. The van der Waals surface area contributed by atoms with E-state index in [4.69, 9.17) is 5.73 Å². The van der Waals surface area contributed by atoms with Crippen molar-refractivity contribution in [2.45, 2.75) is 45.6 Å². The van der Waals surface area contributed by atoms with Crippen molar-refractivity contribution >= 4 is 5.91 Å². The van der Waals surface area contributed by atoms with Gasteiger partial charge in [-0.3, -0.25) is 9.89 Å². The lowest BCUT2D eigenvalue weighted by Gasteiger charge is -2.15. The molecule has 0 saturated heterocycles. The summed E-state index contributed by atoms with van der Waals surface area (Å²) in [5.41, 5.74) is 6.54. The minimum absolute atomic E-state index is 0.00540. The summed E-state index contributed by atoms with van der Waals surface area (Å²) in [4.78, 5) is 11.8. The molecule has 4 N–H and O–H groups in total. The second-order valence-electron chi connectivity index (χ2n) is 4.71. The third-order valence-electron chi connectivity index (χ3n) is 3.33. The van der Waals surface area contributed by atoms with Crippen molar-refractivity contribution in [3.63, 3.8) is 0 Å². The molecular formula is C13H24N4O. The van der Waals surface area contributed by atoms with Crippen molar-refractivity contribution < 1.29 is 4.79 Å². The Balaban J connectivity index is 2.29. The van der Waals surface area contributed by atoms with E-state index in [1.54, 1.807) is 12.4 Å². The first kappa shape index (κ1) is 14.7. The van der Waals surface area contributed by atoms with E-state index in [1.165, 1.54) is 0 Å². The molecule has 1 aromatic heterocycles. The van der Waals surface area contributed by atoms with Crippen molar-refractivity contribution in [3.05, 3.63) is 18.0 Å². The summed E-state index contributed by atoms with van der Waals surface area (Å²) < 4.78 is 0. The summed E-state index contributed by atoms with van der Waals surface area (Å²) in [6.07, 6.45) is 7.10. The van der Waals surface area contributed by atoms with Crippen LogP contribution in [0.5, 0.6) is 0 Å². The molecule has 2 unspecified atom stereocenters. The summed E-state index contributed by atoms with van der Waals surface area (Å²) in [6, 6.07) is 0.00540. The van der Waals surface area contributed by atoms with E-state index in [9.17, 15) is 4.79 Å². The van der Waals surface area contributed by atoms with Gasteiger partial charge in [-0.25, -0.2) is 0 Å². The number of nitrogens with two attached hydrogens (primary N) is 1. The number of H-pyrrole nitrogens is 1. The number of carbonyl (C=O) groups is 1. The maximum Gasteiger partial charge on any atom is 0.220 e. The van der Waals surface area contributed by atoms with Crippen LogP contribution in [0.15, 0.2) is 12.4 Å². The molecule has 0 radical (unpaired) electrons. The molecule has 18 heavy (non-hydrogen) atoms. The Kier molecular flexibility index (Phi) is 6.43.